The number of esters is 1. The Morgan fingerprint density at radius 2 is 1.90 bits per heavy atom. The molecule has 0 radical (unpaired) electrons. The molecule has 160 valence electrons. The van der Waals surface area contributed by atoms with Crippen molar-refractivity contribution < 1.29 is 27.5 Å². The lowest BCUT2D eigenvalue weighted by Crippen LogP contribution is -2.34. The van der Waals surface area contributed by atoms with E-state index in [-0.39, 0.29) is 22.9 Å². The number of hydrogen-bond donors (Lipinski definition) is 0. The molecular formula is C20H25F3N2O3S. The van der Waals surface area contributed by atoms with Crippen LogP contribution in [0.4, 0.5) is 18.3 Å². The number of ether oxygens (including phenoxy) is 1. The molecule has 2 rings (SSSR count). The predicted octanol–water partition coefficient (Wildman–Crippen LogP) is 5.22. The molecule has 0 spiro atoms. The summed E-state index contributed by atoms with van der Waals surface area (Å²) >= 11 is 0.789. The molecule has 0 N–H and O–H groups in total. The number of benzene rings is 1. The molecule has 0 fully saturated rings. The van der Waals surface area contributed by atoms with Crippen molar-refractivity contribution in [1.82, 2.24) is 4.98 Å². The van der Waals surface area contributed by atoms with Crippen molar-refractivity contribution in [2.24, 2.45) is 5.92 Å². The average Bonchev–Trinajstić information content (AvgIpc) is 3.12. The van der Waals surface area contributed by atoms with Gasteiger partial charge in [-0.2, -0.15) is 0 Å². The van der Waals surface area contributed by atoms with E-state index in [0.29, 0.717) is 19.0 Å². The number of anilines is 1. The number of rotatable bonds is 10. The van der Waals surface area contributed by atoms with Crippen LogP contribution in [0.25, 0.3) is 10.2 Å². The number of hydrogen-bond acceptors (Lipinski definition) is 5. The van der Waals surface area contributed by atoms with Crippen molar-refractivity contribution in [3.63, 3.8) is 0 Å². The zero-order chi connectivity index (χ0) is 21.6. The van der Waals surface area contributed by atoms with Crippen LogP contribution in [-0.4, -0.2) is 30.0 Å². The second kappa shape index (κ2) is 10.6. The summed E-state index contributed by atoms with van der Waals surface area (Å²) in [6, 6.07) is 0.468. The number of aromatic nitrogens is 1. The quantitative estimate of drug-likeness (QED) is 0.295. The van der Waals surface area contributed by atoms with Gasteiger partial charge in [0.25, 0.3) is 0 Å². The molecule has 5 nitrogen and oxygen atoms in total. The van der Waals surface area contributed by atoms with Crippen LogP contribution in [0.1, 0.15) is 52.9 Å². The second-order valence-corrected chi connectivity index (χ2v) is 7.77. The fraction of sp³-hybridized carbons (Fsp3) is 0.550. The third-order valence-electron chi connectivity index (χ3n) is 4.44. The molecule has 0 aliphatic heterocycles. The van der Waals surface area contributed by atoms with Crippen LogP contribution in [0.3, 0.4) is 0 Å². The summed E-state index contributed by atoms with van der Waals surface area (Å²) in [4.78, 5) is 30.0. The van der Waals surface area contributed by atoms with Crippen molar-refractivity contribution >= 4 is 38.6 Å². The maximum Gasteiger partial charge on any atom is 0.309 e. The van der Waals surface area contributed by atoms with Gasteiger partial charge in [-0.1, -0.05) is 44.4 Å². The first kappa shape index (κ1) is 23.1. The van der Waals surface area contributed by atoms with Crippen LogP contribution in [-0.2, 0) is 14.3 Å². The molecule has 1 unspecified atom stereocenters. The molecule has 1 heterocycles. The minimum atomic E-state index is -1.33. The van der Waals surface area contributed by atoms with Crippen molar-refractivity contribution in [1.29, 1.82) is 0 Å². The number of carbonyl (C=O) groups excluding carboxylic acids is 2. The molecule has 0 bridgehead atoms. The van der Waals surface area contributed by atoms with Crippen molar-refractivity contribution in [2.75, 3.05) is 18.1 Å². The lowest BCUT2D eigenvalue weighted by molar-refractivity contribution is -0.148. The van der Waals surface area contributed by atoms with Crippen molar-refractivity contribution in [3.8, 4) is 0 Å². The van der Waals surface area contributed by atoms with Gasteiger partial charge in [0.15, 0.2) is 16.8 Å². The molecule has 0 aliphatic rings. The SMILES string of the molecule is CCCCCCN(C(=O)CC(C)C(=O)OCC)c1nc2c(F)c(F)cc(F)c2s1. The van der Waals surface area contributed by atoms with Gasteiger partial charge in [0.2, 0.25) is 5.91 Å². The summed E-state index contributed by atoms with van der Waals surface area (Å²) in [6.45, 7) is 5.81. The second-order valence-electron chi connectivity index (χ2n) is 6.79. The molecule has 1 amide bonds. The Morgan fingerprint density at radius 1 is 1.17 bits per heavy atom. The van der Waals surface area contributed by atoms with E-state index in [9.17, 15) is 22.8 Å². The Balaban J connectivity index is 2.31. The average molecular weight is 430 g/mol. The lowest BCUT2D eigenvalue weighted by atomic mass is 10.1. The molecule has 0 saturated carbocycles. The third kappa shape index (κ3) is 5.68. The lowest BCUT2D eigenvalue weighted by Gasteiger charge is -2.21. The molecule has 0 aliphatic carbocycles. The van der Waals surface area contributed by atoms with Crippen LogP contribution in [0.2, 0.25) is 0 Å². The Hall–Kier alpha value is -2.16. The number of unbranched alkanes of at least 4 members (excludes halogenated alkanes) is 3. The van der Waals surface area contributed by atoms with Gasteiger partial charge in [-0.15, -0.1) is 0 Å². The topological polar surface area (TPSA) is 59.5 Å². The normalized spacial score (nSPS) is 12.2. The monoisotopic (exact) mass is 430 g/mol. The Kier molecular flexibility index (Phi) is 8.43. The molecule has 1 atom stereocenters. The highest BCUT2D eigenvalue weighted by Gasteiger charge is 2.26. The number of nitrogens with zero attached hydrogens (tertiary/aromatic N) is 2. The van der Waals surface area contributed by atoms with E-state index in [1.54, 1.807) is 13.8 Å². The molecule has 29 heavy (non-hydrogen) atoms. The fourth-order valence-corrected chi connectivity index (χ4v) is 3.86. The maximum absolute atomic E-state index is 14.1. The highest BCUT2D eigenvalue weighted by atomic mass is 32.1. The Bertz CT molecular complexity index is 872. The highest BCUT2D eigenvalue weighted by molar-refractivity contribution is 7.22. The first-order valence-electron chi connectivity index (χ1n) is 9.71. The van der Waals surface area contributed by atoms with Crippen LogP contribution >= 0.6 is 11.3 Å². The van der Waals surface area contributed by atoms with Crippen LogP contribution in [0.15, 0.2) is 6.07 Å². The fourth-order valence-electron chi connectivity index (χ4n) is 2.85. The van der Waals surface area contributed by atoms with Gasteiger partial charge in [-0.25, -0.2) is 18.2 Å². The summed E-state index contributed by atoms with van der Waals surface area (Å²) in [6.07, 6.45) is 3.40. The standard InChI is InChI=1S/C20H25F3N2O3S/c1-4-6-7-8-9-25(15(26)10-12(3)19(27)28-5-2)20-24-17-16(23)13(21)11-14(22)18(17)29-20/h11-12H,4-10H2,1-3H3. The van der Waals surface area contributed by atoms with Crippen LogP contribution < -0.4 is 4.90 Å². The zero-order valence-corrected chi connectivity index (χ0v) is 17.6. The van der Waals surface area contributed by atoms with E-state index in [2.05, 4.69) is 11.9 Å². The molecule has 2 aromatic rings. The van der Waals surface area contributed by atoms with Gasteiger partial charge in [-0.3, -0.25) is 14.5 Å². The first-order valence-corrected chi connectivity index (χ1v) is 10.5. The van der Waals surface area contributed by atoms with Crippen molar-refractivity contribution in [3.05, 3.63) is 23.5 Å². The van der Waals surface area contributed by atoms with Crippen molar-refractivity contribution in [2.45, 2.75) is 52.9 Å². The maximum atomic E-state index is 14.1. The molecular weight excluding hydrogens is 405 g/mol. The van der Waals surface area contributed by atoms with E-state index < -0.39 is 40.8 Å². The molecule has 1 aromatic carbocycles. The third-order valence-corrected chi connectivity index (χ3v) is 5.53. The summed E-state index contributed by atoms with van der Waals surface area (Å²) in [7, 11) is 0. The number of fused-ring (bicyclic) bond motifs is 1. The Labute approximate surface area is 171 Å². The van der Waals surface area contributed by atoms with Crippen LogP contribution in [0.5, 0.6) is 0 Å². The number of carbonyl (C=O) groups is 2. The molecule has 0 saturated heterocycles. The van der Waals surface area contributed by atoms with Gasteiger partial charge < -0.3 is 4.74 Å². The smallest absolute Gasteiger partial charge is 0.309 e. The minimum absolute atomic E-state index is 0.0842. The first-order chi connectivity index (χ1) is 13.8. The van der Waals surface area contributed by atoms with E-state index in [0.717, 1.165) is 30.6 Å². The van der Waals surface area contributed by atoms with E-state index >= 15 is 0 Å². The van der Waals surface area contributed by atoms with Gasteiger partial charge in [0, 0.05) is 19.0 Å². The number of amides is 1. The van der Waals surface area contributed by atoms with Gasteiger partial charge in [0.1, 0.15) is 11.3 Å². The summed E-state index contributed by atoms with van der Waals surface area (Å²) in [5.74, 6) is -5.06. The Morgan fingerprint density at radius 3 is 2.55 bits per heavy atom. The van der Waals surface area contributed by atoms with Gasteiger partial charge >= 0.3 is 5.97 Å². The van der Waals surface area contributed by atoms with Gasteiger partial charge in [-0.05, 0) is 13.3 Å². The molecule has 1 aromatic heterocycles. The summed E-state index contributed by atoms with van der Waals surface area (Å²) in [5.41, 5.74) is -0.438. The summed E-state index contributed by atoms with van der Waals surface area (Å²) in [5, 5.41) is 0.0842. The predicted molar refractivity (Wildman–Crippen MR) is 106 cm³/mol. The zero-order valence-electron chi connectivity index (χ0n) is 16.8. The van der Waals surface area contributed by atoms with E-state index in [1.807, 2.05) is 0 Å². The highest BCUT2D eigenvalue weighted by Crippen LogP contribution is 2.34. The number of halogens is 3. The largest absolute Gasteiger partial charge is 0.466 e. The van der Waals surface area contributed by atoms with E-state index in [4.69, 9.17) is 4.74 Å². The number of thiazole rings is 1. The summed E-state index contributed by atoms with van der Waals surface area (Å²) < 4.78 is 46.4. The minimum Gasteiger partial charge on any atom is -0.466 e. The van der Waals surface area contributed by atoms with Crippen LogP contribution in [0, 0.1) is 23.4 Å². The molecule has 9 heteroatoms. The van der Waals surface area contributed by atoms with Gasteiger partial charge in [0.05, 0.1) is 17.2 Å². The van der Waals surface area contributed by atoms with E-state index in [1.165, 1.54) is 4.90 Å².